The first-order chi connectivity index (χ1) is 7.70. The fourth-order valence-electron chi connectivity index (χ4n) is 1.77. The van der Waals surface area contributed by atoms with E-state index < -0.39 is 0 Å². The van der Waals surface area contributed by atoms with Crippen molar-refractivity contribution in [3.05, 3.63) is 53.6 Å². The lowest BCUT2D eigenvalue weighted by Gasteiger charge is -2.09. The number of benzene rings is 2. The maximum atomic E-state index is 2.25. The summed E-state index contributed by atoms with van der Waals surface area (Å²) < 4.78 is 0. The summed E-state index contributed by atoms with van der Waals surface area (Å²) in [5, 5.41) is 0. The third kappa shape index (κ3) is 2.30. The summed E-state index contributed by atoms with van der Waals surface area (Å²) in [6.07, 6.45) is 2.13. The molecule has 0 aliphatic rings. The minimum absolute atomic E-state index is 1.30. The van der Waals surface area contributed by atoms with Crippen LogP contribution >= 0.6 is 11.8 Å². The van der Waals surface area contributed by atoms with E-state index in [4.69, 9.17) is 0 Å². The van der Waals surface area contributed by atoms with Crippen LogP contribution in [0, 0.1) is 13.8 Å². The number of hydrogen-bond acceptors (Lipinski definition) is 1. The fourth-order valence-corrected chi connectivity index (χ4v) is 2.48. The van der Waals surface area contributed by atoms with E-state index in [2.05, 4.69) is 62.6 Å². The third-order valence-corrected chi connectivity index (χ3v) is 3.50. The van der Waals surface area contributed by atoms with E-state index in [-0.39, 0.29) is 0 Å². The van der Waals surface area contributed by atoms with Gasteiger partial charge in [0, 0.05) is 4.90 Å². The summed E-state index contributed by atoms with van der Waals surface area (Å²) >= 11 is 1.81. The van der Waals surface area contributed by atoms with Crippen molar-refractivity contribution in [2.24, 2.45) is 0 Å². The molecule has 1 heteroatoms. The van der Waals surface area contributed by atoms with Gasteiger partial charge in [-0.15, -0.1) is 11.8 Å². The van der Waals surface area contributed by atoms with E-state index >= 15 is 0 Å². The van der Waals surface area contributed by atoms with Gasteiger partial charge in [0.15, 0.2) is 0 Å². The van der Waals surface area contributed by atoms with E-state index in [0.717, 1.165) is 0 Å². The zero-order valence-corrected chi connectivity index (χ0v) is 10.8. The number of thioether (sulfide) groups is 1. The second kappa shape index (κ2) is 4.75. The van der Waals surface area contributed by atoms with Gasteiger partial charge in [-0.05, 0) is 42.9 Å². The van der Waals surface area contributed by atoms with Crippen molar-refractivity contribution in [2.75, 3.05) is 6.26 Å². The average molecular weight is 228 g/mol. The Morgan fingerprint density at radius 2 is 1.44 bits per heavy atom. The highest BCUT2D eigenvalue weighted by Gasteiger charge is 2.04. The molecule has 0 saturated carbocycles. The molecule has 0 nitrogen and oxygen atoms in total. The van der Waals surface area contributed by atoms with Crippen LogP contribution in [0.4, 0.5) is 0 Å². The second-order valence-corrected chi connectivity index (χ2v) is 4.92. The highest BCUT2D eigenvalue weighted by Crippen LogP contribution is 2.31. The average Bonchev–Trinajstić information content (AvgIpc) is 2.30. The molecule has 82 valence electrons. The molecule has 0 spiro atoms. The lowest BCUT2D eigenvalue weighted by molar-refractivity contribution is 1.35. The summed E-state index contributed by atoms with van der Waals surface area (Å²) in [6.45, 7) is 4.26. The smallest absolute Gasteiger partial charge is 0.0150 e. The Morgan fingerprint density at radius 1 is 0.812 bits per heavy atom. The van der Waals surface area contributed by atoms with Crippen LogP contribution < -0.4 is 0 Å². The molecule has 2 rings (SSSR count). The first-order valence-corrected chi connectivity index (χ1v) is 6.65. The monoisotopic (exact) mass is 228 g/mol. The summed E-state index contributed by atoms with van der Waals surface area (Å²) in [5.41, 5.74) is 5.26. The lowest BCUT2D eigenvalue weighted by Crippen LogP contribution is -1.84. The van der Waals surface area contributed by atoms with Crippen LogP contribution in [0.3, 0.4) is 0 Å². The quantitative estimate of drug-likeness (QED) is 0.672. The zero-order chi connectivity index (χ0) is 11.5. The molecule has 0 fully saturated rings. The van der Waals surface area contributed by atoms with Crippen LogP contribution in [-0.2, 0) is 0 Å². The normalized spacial score (nSPS) is 10.4. The molecule has 2 aromatic carbocycles. The predicted octanol–water partition coefficient (Wildman–Crippen LogP) is 4.69. The van der Waals surface area contributed by atoms with Gasteiger partial charge in [-0.3, -0.25) is 0 Å². The van der Waals surface area contributed by atoms with Crippen molar-refractivity contribution in [3.63, 3.8) is 0 Å². The molecule has 0 radical (unpaired) electrons. The summed E-state index contributed by atoms with van der Waals surface area (Å²) in [6, 6.07) is 15.4. The Bertz CT molecular complexity index is 483. The molecule has 0 amide bonds. The van der Waals surface area contributed by atoms with Gasteiger partial charge in [0.05, 0.1) is 0 Å². The van der Waals surface area contributed by atoms with Gasteiger partial charge in [-0.25, -0.2) is 0 Å². The van der Waals surface area contributed by atoms with Gasteiger partial charge >= 0.3 is 0 Å². The third-order valence-electron chi connectivity index (χ3n) is 2.72. The van der Waals surface area contributed by atoms with Crippen molar-refractivity contribution < 1.29 is 0 Å². The van der Waals surface area contributed by atoms with Crippen molar-refractivity contribution >= 4 is 11.8 Å². The molecule has 0 unspecified atom stereocenters. The Labute approximate surface area is 102 Å². The highest BCUT2D eigenvalue weighted by molar-refractivity contribution is 7.98. The standard InChI is InChI=1S/C15H16S/c1-11-4-7-13(8-5-11)14-9-6-12(2)10-15(14)16-3/h4-10H,1-3H3. The van der Waals surface area contributed by atoms with E-state index in [1.807, 2.05) is 11.8 Å². The van der Waals surface area contributed by atoms with Gasteiger partial charge in [-0.1, -0.05) is 42.0 Å². The van der Waals surface area contributed by atoms with Crippen molar-refractivity contribution in [2.45, 2.75) is 18.7 Å². The highest BCUT2D eigenvalue weighted by atomic mass is 32.2. The molecule has 0 saturated heterocycles. The SMILES string of the molecule is CSc1cc(C)ccc1-c1ccc(C)cc1. The first-order valence-electron chi connectivity index (χ1n) is 5.42. The van der Waals surface area contributed by atoms with Crippen LogP contribution in [-0.4, -0.2) is 6.26 Å². The molecule has 16 heavy (non-hydrogen) atoms. The summed E-state index contributed by atoms with van der Waals surface area (Å²) in [7, 11) is 0. The largest absolute Gasteiger partial charge is 0.129 e. The van der Waals surface area contributed by atoms with Gasteiger partial charge < -0.3 is 0 Å². The minimum Gasteiger partial charge on any atom is -0.129 e. The summed E-state index contributed by atoms with van der Waals surface area (Å²) in [4.78, 5) is 1.35. The van der Waals surface area contributed by atoms with Crippen LogP contribution in [0.5, 0.6) is 0 Å². The van der Waals surface area contributed by atoms with E-state index in [1.165, 1.54) is 27.1 Å². The van der Waals surface area contributed by atoms with Crippen molar-refractivity contribution in [1.29, 1.82) is 0 Å². The van der Waals surface area contributed by atoms with E-state index in [0.29, 0.717) is 0 Å². The van der Waals surface area contributed by atoms with Gasteiger partial charge in [-0.2, -0.15) is 0 Å². The molecule has 0 atom stereocenters. The Hall–Kier alpha value is -1.21. The van der Waals surface area contributed by atoms with Gasteiger partial charge in [0.2, 0.25) is 0 Å². The van der Waals surface area contributed by atoms with Crippen LogP contribution in [0.1, 0.15) is 11.1 Å². The number of aryl methyl sites for hydroxylation is 2. The lowest BCUT2D eigenvalue weighted by atomic mass is 10.0. The molecule has 0 heterocycles. The van der Waals surface area contributed by atoms with Gasteiger partial charge in [0.25, 0.3) is 0 Å². The molecule has 0 aliphatic heterocycles. The Morgan fingerprint density at radius 3 is 2.06 bits per heavy atom. The topological polar surface area (TPSA) is 0 Å². The number of hydrogen-bond donors (Lipinski definition) is 0. The van der Waals surface area contributed by atoms with Crippen LogP contribution in [0.2, 0.25) is 0 Å². The van der Waals surface area contributed by atoms with E-state index in [9.17, 15) is 0 Å². The number of rotatable bonds is 2. The molecular weight excluding hydrogens is 212 g/mol. The minimum atomic E-state index is 1.30. The van der Waals surface area contributed by atoms with E-state index in [1.54, 1.807) is 0 Å². The molecule has 0 aliphatic carbocycles. The maximum absolute atomic E-state index is 2.25. The maximum Gasteiger partial charge on any atom is 0.0150 e. The second-order valence-electron chi connectivity index (χ2n) is 4.07. The van der Waals surface area contributed by atoms with Crippen molar-refractivity contribution in [1.82, 2.24) is 0 Å². The molecule has 0 N–H and O–H groups in total. The summed E-state index contributed by atoms with van der Waals surface area (Å²) in [5.74, 6) is 0. The van der Waals surface area contributed by atoms with Gasteiger partial charge in [0.1, 0.15) is 0 Å². The Balaban J connectivity index is 2.51. The molecule has 0 aromatic heterocycles. The van der Waals surface area contributed by atoms with Crippen molar-refractivity contribution in [3.8, 4) is 11.1 Å². The Kier molecular flexibility index (Phi) is 3.35. The molecular formula is C15H16S. The molecule has 0 bridgehead atoms. The fraction of sp³-hybridized carbons (Fsp3) is 0.200. The van der Waals surface area contributed by atoms with Crippen LogP contribution in [0.15, 0.2) is 47.4 Å². The first kappa shape index (κ1) is 11.3. The molecule has 2 aromatic rings. The predicted molar refractivity (Wildman–Crippen MR) is 73.1 cm³/mol. The van der Waals surface area contributed by atoms with Crippen LogP contribution in [0.25, 0.3) is 11.1 Å². The zero-order valence-electron chi connectivity index (χ0n) is 9.95.